The lowest BCUT2D eigenvalue weighted by atomic mass is 10.2. The number of nitrogens with zero attached hydrogens (tertiary/aromatic N) is 5. The Morgan fingerprint density at radius 3 is 2.65 bits per heavy atom. The number of hydrogen-bond acceptors (Lipinski definition) is 7. The van der Waals surface area contributed by atoms with Crippen molar-refractivity contribution in [3.63, 3.8) is 0 Å². The number of halogens is 1. The SMILES string of the molecule is Cc1nn(CCCC(=O)NCCCN2CCN(c3ccccc3F)CC2)c(=O)c2noc(C)c12. The van der Waals surface area contributed by atoms with Crippen LogP contribution in [0.25, 0.3) is 10.9 Å². The highest BCUT2D eigenvalue weighted by atomic mass is 19.1. The molecule has 10 heteroatoms. The smallest absolute Gasteiger partial charge is 0.296 e. The maximum atomic E-state index is 14.0. The number of piperazine rings is 1. The van der Waals surface area contributed by atoms with Gasteiger partial charge in [0.05, 0.1) is 16.8 Å². The Kier molecular flexibility index (Phi) is 7.56. The van der Waals surface area contributed by atoms with Crippen LogP contribution in [0.2, 0.25) is 0 Å². The number of rotatable bonds is 9. The van der Waals surface area contributed by atoms with Crippen molar-refractivity contribution in [2.24, 2.45) is 0 Å². The number of anilines is 1. The number of benzene rings is 1. The van der Waals surface area contributed by atoms with Crippen LogP contribution in [-0.4, -0.2) is 65.0 Å². The summed E-state index contributed by atoms with van der Waals surface area (Å²) < 4.78 is 20.4. The van der Waals surface area contributed by atoms with Gasteiger partial charge in [-0.1, -0.05) is 17.3 Å². The summed E-state index contributed by atoms with van der Waals surface area (Å²) >= 11 is 0. The number of carbonyl (C=O) groups excluding carboxylic acids is 1. The number of hydrogen-bond donors (Lipinski definition) is 1. The zero-order chi connectivity index (χ0) is 24.1. The molecular formula is C24H31FN6O3. The molecule has 0 radical (unpaired) electrons. The second-order valence-corrected chi connectivity index (χ2v) is 8.66. The summed E-state index contributed by atoms with van der Waals surface area (Å²) in [6.07, 6.45) is 1.69. The first kappa shape index (κ1) is 23.9. The van der Waals surface area contributed by atoms with Gasteiger partial charge in [-0.3, -0.25) is 14.5 Å². The zero-order valence-corrected chi connectivity index (χ0v) is 19.7. The van der Waals surface area contributed by atoms with Crippen molar-refractivity contribution >= 4 is 22.5 Å². The molecule has 1 aromatic carbocycles. The number of para-hydroxylation sites is 1. The van der Waals surface area contributed by atoms with Crippen LogP contribution >= 0.6 is 0 Å². The summed E-state index contributed by atoms with van der Waals surface area (Å²) in [5.41, 5.74) is 1.34. The zero-order valence-electron chi connectivity index (χ0n) is 19.7. The van der Waals surface area contributed by atoms with E-state index in [9.17, 15) is 14.0 Å². The normalized spacial score (nSPS) is 14.6. The van der Waals surface area contributed by atoms with E-state index in [-0.39, 0.29) is 22.8 Å². The molecule has 1 amide bonds. The Balaban J connectivity index is 1.13. The van der Waals surface area contributed by atoms with Crippen molar-refractivity contribution in [1.29, 1.82) is 0 Å². The molecule has 1 saturated heterocycles. The van der Waals surface area contributed by atoms with Gasteiger partial charge in [0.1, 0.15) is 11.6 Å². The van der Waals surface area contributed by atoms with Gasteiger partial charge >= 0.3 is 0 Å². The lowest BCUT2D eigenvalue weighted by Crippen LogP contribution is -2.47. The van der Waals surface area contributed by atoms with Gasteiger partial charge in [0, 0.05) is 45.7 Å². The fourth-order valence-corrected chi connectivity index (χ4v) is 4.42. The van der Waals surface area contributed by atoms with Crippen molar-refractivity contribution < 1.29 is 13.7 Å². The van der Waals surface area contributed by atoms with Crippen LogP contribution in [0.5, 0.6) is 0 Å². The third kappa shape index (κ3) is 5.44. The van der Waals surface area contributed by atoms with Gasteiger partial charge in [-0.15, -0.1) is 0 Å². The van der Waals surface area contributed by atoms with Crippen LogP contribution in [0.4, 0.5) is 10.1 Å². The quantitative estimate of drug-likeness (QED) is 0.479. The van der Waals surface area contributed by atoms with E-state index in [0.29, 0.717) is 48.5 Å². The first-order valence-electron chi connectivity index (χ1n) is 11.8. The number of amides is 1. The molecular weight excluding hydrogens is 439 g/mol. The molecule has 9 nitrogen and oxygen atoms in total. The lowest BCUT2D eigenvalue weighted by Gasteiger charge is -2.36. The Morgan fingerprint density at radius 1 is 1.12 bits per heavy atom. The summed E-state index contributed by atoms with van der Waals surface area (Å²) in [5, 5.41) is 11.8. The minimum Gasteiger partial charge on any atom is -0.367 e. The van der Waals surface area contributed by atoms with Crippen LogP contribution in [0.15, 0.2) is 33.6 Å². The monoisotopic (exact) mass is 470 g/mol. The largest absolute Gasteiger partial charge is 0.367 e. The van der Waals surface area contributed by atoms with E-state index < -0.39 is 0 Å². The molecule has 0 aliphatic carbocycles. The van der Waals surface area contributed by atoms with E-state index in [4.69, 9.17) is 4.52 Å². The molecule has 1 N–H and O–H groups in total. The molecule has 2 aromatic heterocycles. The van der Waals surface area contributed by atoms with Crippen molar-refractivity contribution in [2.75, 3.05) is 44.2 Å². The Bertz CT molecular complexity index is 1200. The molecule has 1 fully saturated rings. The third-order valence-electron chi connectivity index (χ3n) is 6.24. The lowest BCUT2D eigenvalue weighted by molar-refractivity contribution is -0.121. The molecule has 1 aliphatic rings. The molecule has 0 bridgehead atoms. The molecule has 3 aromatic rings. The second-order valence-electron chi connectivity index (χ2n) is 8.66. The third-order valence-corrected chi connectivity index (χ3v) is 6.24. The van der Waals surface area contributed by atoms with E-state index in [1.165, 1.54) is 10.7 Å². The average Bonchev–Trinajstić information content (AvgIpc) is 3.23. The first-order valence-corrected chi connectivity index (χ1v) is 11.8. The molecule has 0 saturated carbocycles. The Morgan fingerprint density at radius 2 is 1.88 bits per heavy atom. The number of aromatic nitrogens is 3. The van der Waals surface area contributed by atoms with Crippen LogP contribution in [0.1, 0.15) is 30.7 Å². The number of carbonyl (C=O) groups is 1. The maximum Gasteiger partial charge on any atom is 0.296 e. The maximum absolute atomic E-state index is 14.0. The van der Waals surface area contributed by atoms with Gasteiger partial charge in [-0.05, 0) is 45.4 Å². The topological polar surface area (TPSA) is 96.5 Å². The predicted molar refractivity (Wildman–Crippen MR) is 127 cm³/mol. The second kappa shape index (κ2) is 10.8. The van der Waals surface area contributed by atoms with Gasteiger partial charge in [0.15, 0.2) is 5.52 Å². The molecule has 182 valence electrons. The van der Waals surface area contributed by atoms with Crippen LogP contribution in [-0.2, 0) is 11.3 Å². The molecule has 1 aliphatic heterocycles. The molecule has 0 unspecified atom stereocenters. The van der Waals surface area contributed by atoms with Crippen molar-refractivity contribution in [3.8, 4) is 0 Å². The van der Waals surface area contributed by atoms with Crippen LogP contribution in [0, 0.1) is 19.7 Å². The number of aryl methyl sites for hydroxylation is 3. The summed E-state index contributed by atoms with van der Waals surface area (Å²) in [6, 6.07) is 6.89. The van der Waals surface area contributed by atoms with Gasteiger partial charge < -0.3 is 14.7 Å². The van der Waals surface area contributed by atoms with E-state index in [1.807, 2.05) is 19.1 Å². The predicted octanol–water partition coefficient (Wildman–Crippen LogP) is 2.25. The highest BCUT2D eigenvalue weighted by molar-refractivity contribution is 5.81. The van der Waals surface area contributed by atoms with Gasteiger partial charge in [-0.2, -0.15) is 5.10 Å². The van der Waals surface area contributed by atoms with E-state index in [0.717, 1.165) is 39.1 Å². The van der Waals surface area contributed by atoms with Gasteiger partial charge in [0.25, 0.3) is 5.56 Å². The molecule has 0 atom stereocenters. The van der Waals surface area contributed by atoms with Gasteiger partial charge in [-0.25, -0.2) is 9.07 Å². The minimum absolute atomic E-state index is 0.0347. The number of nitrogens with one attached hydrogen (secondary N) is 1. The summed E-state index contributed by atoms with van der Waals surface area (Å²) in [6.45, 7) is 8.74. The molecule has 34 heavy (non-hydrogen) atoms. The van der Waals surface area contributed by atoms with Gasteiger partial charge in [0.2, 0.25) is 5.91 Å². The molecule has 3 heterocycles. The summed E-state index contributed by atoms with van der Waals surface area (Å²) in [5.74, 6) is 0.367. The fraction of sp³-hybridized carbons (Fsp3) is 0.500. The van der Waals surface area contributed by atoms with Crippen molar-refractivity contribution in [1.82, 2.24) is 25.2 Å². The highest BCUT2D eigenvalue weighted by Crippen LogP contribution is 2.20. The Hall–Kier alpha value is -3.27. The van der Waals surface area contributed by atoms with E-state index in [1.54, 1.807) is 13.0 Å². The van der Waals surface area contributed by atoms with Crippen molar-refractivity contribution in [3.05, 3.63) is 51.9 Å². The van der Waals surface area contributed by atoms with Crippen molar-refractivity contribution in [2.45, 2.75) is 39.7 Å². The minimum atomic E-state index is -0.298. The summed E-state index contributed by atoms with van der Waals surface area (Å²) in [4.78, 5) is 29.1. The average molecular weight is 471 g/mol. The van der Waals surface area contributed by atoms with E-state index >= 15 is 0 Å². The molecule has 0 spiro atoms. The van der Waals surface area contributed by atoms with E-state index in [2.05, 4.69) is 25.4 Å². The Labute approximate surface area is 197 Å². The molecule has 4 rings (SSSR count). The van der Waals surface area contributed by atoms with Crippen LogP contribution in [0.3, 0.4) is 0 Å². The number of fused-ring (bicyclic) bond motifs is 1. The first-order chi connectivity index (χ1) is 16.4. The standard InChI is InChI=1S/C24H31FN6O3/c1-17-22-18(2)34-28-23(22)24(33)31(27-17)12-5-9-21(32)26-10-6-11-29-13-15-30(16-14-29)20-8-4-3-7-19(20)25/h3-4,7-8H,5-6,9-16H2,1-2H3,(H,26,32). The fourth-order valence-electron chi connectivity index (χ4n) is 4.42. The van der Waals surface area contributed by atoms with Crippen LogP contribution < -0.4 is 15.8 Å². The summed E-state index contributed by atoms with van der Waals surface area (Å²) in [7, 11) is 0. The highest BCUT2D eigenvalue weighted by Gasteiger charge is 2.19.